The number of ether oxygens (including phenoxy) is 1. The Hall–Kier alpha value is -2.78. The third-order valence-corrected chi connectivity index (χ3v) is 2.83. The predicted molar refractivity (Wildman–Crippen MR) is 68.3 cm³/mol. The zero-order valence-corrected chi connectivity index (χ0v) is 11.4. The molecule has 0 radical (unpaired) electrons. The molecule has 0 unspecified atom stereocenters. The molecule has 1 heterocycles. The van der Waals surface area contributed by atoms with Gasteiger partial charge in [-0.05, 0) is 30.3 Å². The SMILES string of the molecule is O=C(O)c1c(C(F)(F)F)ccnc1-c1ccc(OC(F)(F)F)cc1. The van der Waals surface area contributed by atoms with Gasteiger partial charge in [-0.2, -0.15) is 13.2 Å². The molecule has 1 N–H and O–H groups in total. The number of carboxylic acid groups (broad SMARTS) is 1. The van der Waals surface area contributed by atoms with Crippen LogP contribution in [0.25, 0.3) is 11.3 Å². The van der Waals surface area contributed by atoms with Gasteiger partial charge in [0, 0.05) is 11.8 Å². The van der Waals surface area contributed by atoms with E-state index >= 15 is 0 Å². The normalized spacial score (nSPS) is 12.1. The van der Waals surface area contributed by atoms with Crippen molar-refractivity contribution in [3.63, 3.8) is 0 Å². The molecule has 1 aromatic heterocycles. The number of rotatable bonds is 3. The van der Waals surface area contributed by atoms with Gasteiger partial charge in [-0.25, -0.2) is 4.79 Å². The maximum absolute atomic E-state index is 12.9. The monoisotopic (exact) mass is 351 g/mol. The molecular weight excluding hydrogens is 344 g/mol. The number of benzene rings is 1. The van der Waals surface area contributed by atoms with E-state index < -0.39 is 41.1 Å². The highest BCUT2D eigenvalue weighted by atomic mass is 19.4. The second kappa shape index (κ2) is 6.02. The van der Waals surface area contributed by atoms with Crippen molar-refractivity contribution in [3.05, 3.63) is 47.7 Å². The van der Waals surface area contributed by atoms with Gasteiger partial charge in [0.2, 0.25) is 0 Å². The van der Waals surface area contributed by atoms with Crippen molar-refractivity contribution in [2.45, 2.75) is 12.5 Å². The molecule has 0 saturated carbocycles. The molecule has 24 heavy (non-hydrogen) atoms. The van der Waals surface area contributed by atoms with Gasteiger partial charge < -0.3 is 9.84 Å². The van der Waals surface area contributed by atoms with E-state index in [4.69, 9.17) is 5.11 Å². The lowest BCUT2D eigenvalue weighted by Crippen LogP contribution is -2.17. The van der Waals surface area contributed by atoms with Gasteiger partial charge in [-0.1, -0.05) is 0 Å². The van der Waals surface area contributed by atoms with Gasteiger partial charge in [0.15, 0.2) is 0 Å². The Labute approximate surface area is 130 Å². The average molecular weight is 351 g/mol. The van der Waals surface area contributed by atoms with E-state index in [1.54, 1.807) is 0 Å². The van der Waals surface area contributed by atoms with E-state index in [2.05, 4.69) is 9.72 Å². The maximum atomic E-state index is 12.9. The summed E-state index contributed by atoms with van der Waals surface area (Å²) < 4.78 is 78.6. The molecule has 0 atom stereocenters. The topological polar surface area (TPSA) is 59.4 Å². The lowest BCUT2D eigenvalue weighted by atomic mass is 10.0. The van der Waals surface area contributed by atoms with Crippen molar-refractivity contribution in [1.82, 2.24) is 4.98 Å². The number of hydrogen-bond donors (Lipinski definition) is 1. The molecule has 0 saturated heterocycles. The van der Waals surface area contributed by atoms with E-state index in [0.29, 0.717) is 6.07 Å². The van der Waals surface area contributed by atoms with Crippen LogP contribution in [-0.2, 0) is 6.18 Å². The maximum Gasteiger partial charge on any atom is 0.573 e. The number of carboxylic acids is 1. The van der Waals surface area contributed by atoms with Crippen molar-refractivity contribution in [3.8, 4) is 17.0 Å². The van der Waals surface area contributed by atoms with Crippen molar-refractivity contribution in [1.29, 1.82) is 0 Å². The predicted octanol–water partition coefficient (Wildman–Crippen LogP) is 4.36. The van der Waals surface area contributed by atoms with Crippen LogP contribution >= 0.6 is 0 Å². The largest absolute Gasteiger partial charge is 0.573 e. The highest BCUT2D eigenvalue weighted by Gasteiger charge is 2.37. The summed E-state index contributed by atoms with van der Waals surface area (Å²) in [6.45, 7) is 0. The number of nitrogens with zero attached hydrogens (tertiary/aromatic N) is 1. The highest BCUT2D eigenvalue weighted by molar-refractivity contribution is 5.96. The molecule has 0 aliphatic rings. The summed E-state index contributed by atoms with van der Waals surface area (Å²) in [5, 5.41) is 9.07. The van der Waals surface area contributed by atoms with Crippen LogP contribution in [0.1, 0.15) is 15.9 Å². The van der Waals surface area contributed by atoms with Gasteiger partial charge in [-0.15, -0.1) is 13.2 Å². The third-order valence-electron chi connectivity index (χ3n) is 2.83. The van der Waals surface area contributed by atoms with Gasteiger partial charge >= 0.3 is 18.5 Å². The zero-order valence-electron chi connectivity index (χ0n) is 11.4. The number of hydrogen-bond acceptors (Lipinski definition) is 3. The highest BCUT2D eigenvalue weighted by Crippen LogP contribution is 2.36. The Balaban J connectivity index is 2.51. The molecule has 0 spiro atoms. The molecular formula is C14H7F6NO3. The first-order valence-corrected chi connectivity index (χ1v) is 6.15. The number of aromatic carboxylic acids is 1. The summed E-state index contributed by atoms with van der Waals surface area (Å²) in [4.78, 5) is 14.8. The number of pyridine rings is 1. The van der Waals surface area contributed by atoms with Crippen LogP contribution < -0.4 is 4.74 Å². The molecule has 0 fully saturated rings. The summed E-state index contributed by atoms with van der Waals surface area (Å²) in [6, 6.07) is 4.16. The van der Waals surface area contributed by atoms with E-state index in [0.717, 1.165) is 30.5 Å². The fourth-order valence-corrected chi connectivity index (χ4v) is 1.95. The lowest BCUT2D eigenvalue weighted by molar-refractivity contribution is -0.274. The second-order valence-corrected chi connectivity index (χ2v) is 4.46. The summed E-state index contributed by atoms with van der Waals surface area (Å²) in [5.74, 6) is -2.46. The minimum Gasteiger partial charge on any atom is -0.478 e. The smallest absolute Gasteiger partial charge is 0.478 e. The molecule has 4 nitrogen and oxygen atoms in total. The number of alkyl halides is 6. The van der Waals surface area contributed by atoms with Crippen molar-refractivity contribution < 1.29 is 41.0 Å². The first-order chi connectivity index (χ1) is 11.0. The summed E-state index contributed by atoms with van der Waals surface area (Å²) in [7, 11) is 0. The van der Waals surface area contributed by atoms with E-state index in [1.165, 1.54) is 0 Å². The molecule has 128 valence electrons. The fourth-order valence-electron chi connectivity index (χ4n) is 1.95. The lowest BCUT2D eigenvalue weighted by Gasteiger charge is -2.14. The second-order valence-electron chi connectivity index (χ2n) is 4.46. The Morgan fingerprint density at radius 1 is 1.00 bits per heavy atom. The first-order valence-electron chi connectivity index (χ1n) is 6.15. The number of aromatic nitrogens is 1. The van der Waals surface area contributed by atoms with Crippen LogP contribution in [0.5, 0.6) is 5.75 Å². The van der Waals surface area contributed by atoms with Crippen LogP contribution in [-0.4, -0.2) is 22.4 Å². The minimum atomic E-state index is -4.93. The zero-order chi connectivity index (χ0) is 18.1. The van der Waals surface area contributed by atoms with Crippen molar-refractivity contribution in [2.24, 2.45) is 0 Å². The van der Waals surface area contributed by atoms with E-state index in [1.807, 2.05) is 0 Å². The summed E-state index contributed by atoms with van der Waals surface area (Å²) >= 11 is 0. The fraction of sp³-hybridized carbons (Fsp3) is 0.143. The van der Waals surface area contributed by atoms with Crippen LogP contribution in [0.3, 0.4) is 0 Å². The molecule has 0 aliphatic heterocycles. The third kappa shape index (κ3) is 3.94. The van der Waals surface area contributed by atoms with Crippen molar-refractivity contribution >= 4 is 5.97 Å². The van der Waals surface area contributed by atoms with Gasteiger partial charge in [0.25, 0.3) is 0 Å². The Kier molecular flexibility index (Phi) is 4.41. The molecule has 1 aromatic carbocycles. The standard InChI is InChI=1S/C14H7F6NO3/c15-13(16,17)9-5-6-21-11(10(9)12(22)23)7-1-3-8(4-2-7)24-14(18,19)20/h1-6H,(H,22,23). The quantitative estimate of drug-likeness (QED) is 0.835. The number of carbonyl (C=O) groups is 1. The average Bonchev–Trinajstić information content (AvgIpc) is 2.44. The Morgan fingerprint density at radius 3 is 2.04 bits per heavy atom. The van der Waals surface area contributed by atoms with Crippen LogP contribution in [0.2, 0.25) is 0 Å². The minimum absolute atomic E-state index is 0.104. The van der Waals surface area contributed by atoms with Gasteiger partial charge in [-0.3, -0.25) is 4.98 Å². The van der Waals surface area contributed by atoms with E-state index in [9.17, 15) is 31.1 Å². The molecule has 10 heteroatoms. The molecule has 2 rings (SSSR count). The van der Waals surface area contributed by atoms with Crippen LogP contribution in [0.4, 0.5) is 26.3 Å². The van der Waals surface area contributed by atoms with Crippen LogP contribution in [0, 0.1) is 0 Å². The van der Waals surface area contributed by atoms with Gasteiger partial charge in [0.1, 0.15) is 5.75 Å². The summed E-state index contributed by atoms with van der Waals surface area (Å²) in [5.41, 5.74) is -3.12. The molecule has 0 bridgehead atoms. The van der Waals surface area contributed by atoms with Crippen LogP contribution in [0.15, 0.2) is 36.5 Å². The molecule has 2 aromatic rings. The molecule has 0 amide bonds. The van der Waals surface area contributed by atoms with Gasteiger partial charge in [0.05, 0.1) is 16.8 Å². The first kappa shape index (κ1) is 17.6. The Morgan fingerprint density at radius 2 is 1.58 bits per heavy atom. The van der Waals surface area contributed by atoms with Crippen molar-refractivity contribution in [2.75, 3.05) is 0 Å². The molecule has 0 aliphatic carbocycles. The number of halogens is 6. The van der Waals surface area contributed by atoms with E-state index in [-0.39, 0.29) is 5.56 Å². The Bertz CT molecular complexity index is 753. The summed E-state index contributed by atoms with van der Waals surface area (Å²) in [6.07, 6.45) is -9.09.